The van der Waals surface area contributed by atoms with Crippen molar-refractivity contribution in [2.45, 2.75) is 57.3 Å². The van der Waals surface area contributed by atoms with Crippen LogP contribution in [0.3, 0.4) is 0 Å². The lowest BCUT2D eigenvalue weighted by Gasteiger charge is -2.28. The molecule has 148 valence electrons. The number of halogens is 1. The topological polar surface area (TPSA) is 69.4 Å². The van der Waals surface area contributed by atoms with Crippen molar-refractivity contribution in [2.75, 3.05) is 7.11 Å². The molecule has 2 unspecified atom stereocenters. The van der Waals surface area contributed by atoms with Gasteiger partial charge in [0, 0.05) is 31.1 Å². The summed E-state index contributed by atoms with van der Waals surface area (Å²) < 4.78 is 22.4. The van der Waals surface area contributed by atoms with Crippen molar-refractivity contribution in [3.05, 3.63) is 45.9 Å². The minimum Gasteiger partial charge on any atom is -0.494 e. The van der Waals surface area contributed by atoms with Gasteiger partial charge in [0.05, 0.1) is 13.2 Å². The van der Waals surface area contributed by atoms with Crippen LogP contribution >= 0.6 is 0 Å². The molecule has 2 atom stereocenters. The van der Waals surface area contributed by atoms with Gasteiger partial charge in [-0.05, 0) is 49.8 Å². The number of methoxy groups -OCH3 is 1. The zero-order valence-corrected chi connectivity index (χ0v) is 15.8. The molecule has 0 radical (unpaired) electrons. The van der Waals surface area contributed by atoms with E-state index in [2.05, 4.69) is 5.10 Å². The van der Waals surface area contributed by atoms with Crippen LogP contribution in [0.4, 0.5) is 4.39 Å². The maximum Gasteiger partial charge on any atom is 0.345 e. The van der Waals surface area contributed by atoms with E-state index in [1.54, 1.807) is 15.3 Å². The van der Waals surface area contributed by atoms with E-state index in [-0.39, 0.29) is 29.4 Å². The number of amides is 1. The third-order valence-corrected chi connectivity index (χ3v) is 6.19. The molecule has 28 heavy (non-hydrogen) atoms. The summed E-state index contributed by atoms with van der Waals surface area (Å²) in [4.78, 5) is 27.7. The number of carbonyl (C=O) groups excluding carboxylic acids is 1. The number of ether oxygens (including phenoxy) is 1. The Morgan fingerprint density at radius 2 is 2.04 bits per heavy atom. The maximum absolute atomic E-state index is 14.1. The number of fused-ring (bicyclic) bond motifs is 3. The highest BCUT2D eigenvalue weighted by molar-refractivity contribution is 5.95. The van der Waals surface area contributed by atoms with E-state index in [4.69, 9.17) is 4.74 Å². The first kappa shape index (κ1) is 17.5. The van der Waals surface area contributed by atoms with E-state index in [0.717, 1.165) is 18.7 Å². The first-order chi connectivity index (χ1) is 13.5. The second-order valence-corrected chi connectivity index (χ2v) is 8.09. The Labute approximate surface area is 161 Å². The molecule has 1 aromatic heterocycles. The van der Waals surface area contributed by atoms with Crippen LogP contribution in [0.5, 0.6) is 5.75 Å². The van der Waals surface area contributed by atoms with Crippen molar-refractivity contribution in [3.8, 4) is 5.75 Å². The Morgan fingerprint density at radius 1 is 1.25 bits per heavy atom. The van der Waals surface area contributed by atoms with E-state index in [1.807, 2.05) is 4.90 Å². The third-order valence-electron chi connectivity index (χ3n) is 6.19. The standard InChI is InChI=1S/C20H23FN4O3/c1-28-17-7-4-13(8-16(17)21)19(26)25-14-5-6-15(25)11-23-18(9-14)22-24(20(23)27)10-12-2-3-12/h4,7-8,12,14-15H,2-3,5-6,9-11H2,1H3. The van der Waals surface area contributed by atoms with Crippen molar-refractivity contribution in [2.24, 2.45) is 5.92 Å². The zero-order valence-electron chi connectivity index (χ0n) is 15.8. The lowest BCUT2D eigenvalue weighted by atomic mass is 10.1. The Bertz CT molecular complexity index is 994. The van der Waals surface area contributed by atoms with Gasteiger partial charge in [-0.3, -0.25) is 9.36 Å². The molecule has 7 nitrogen and oxygen atoms in total. The van der Waals surface area contributed by atoms with Crippen molar-refractivity contribution in [1.82, 2.24) is 19.2 Å². The number of hydrogen-bond acceptors (Lipinski definition) is 4. The molecule has 2 bridgehead atoms. The van der Waals surface area contributed by atoms with E-state index < -0.39 is 5.82 Å². The van der Waals surface area contributed by atoms with Gasteiger partial charge < -0.3 is 9.64 Å². The molecule has 5 rings (SSSR count). The summed E-state index contributed by atoms with van der Waals surface area (Å²) in [6.07, 6.45) is 4.61. The Kier molecular flexibility index (Phi) is 4.03. The molecule has 8 heteroatoms. The molecule has 1 aromatic carbocycles. The number of benzene rings is 1. The normalized spacial score (nSPS) is 23.4. The Balaban J connectivity index is 1.42. The van der Waals surface area contributed by atoms with Gasteiger partial charge in [0.15, 0.2) is 11.6 Å². The molecule has 1 saturated carbocycles. The predicted octanol–water partition coefficient (Wildman–Crippen LogP) is 1.83. The van der Waals surface area contributed by atoms with Crippen LogP contribution in [0.2, 0.25) is 0 Å². The molecule has 2 fully saturated rings. The highest BCUT2D eigenvalue weighted by Crippen LogP contribution is 2.33. The summed E-state index contributed by atoms with van der Waals surface area (Å²) in [5, 5.41) is 4.57. The molecule has 0 spiro atoms. The van der Waals surface area contributed by atoms with Crippen molar-refractivity contribution >= 4 is 5.91 Å². The number of aromatic nitrogens is 3. The summed E-state index contributed by atoms with van der Waals surface area (Å²) >= 11 is 0. The second kappa shape index (κ2) is 6.46. The third kappa shape index (κ3) is 2.82. The minimum absolute atomic E-state index is 0.0138. The van der Waals surface area contributed by atoms with Crippen molar-refractivity contribution < 1.29 is 13.9 Å². The fraction of sp³-hybridized carbons (Fsp3) is 0.550. The van der Waals surface area contributed by atoms with Gasteiger partial charge in [-0.15, -0.1) is 0 Å². The van der Waals surface area contributed by atoms with Crippen LogP contribution in [-0.2, 0) is 19.5 Å². The summed E-state index contributed by atoms with van der Waals surface area (Å²) in [6.45, 7) is 1.15. The van der Waals surface area contributed by atoms with Gasteiger partial charge in [-0.1, -0.05) is 0 Å². The number of rotatable bonds is 4. The monoisotopic (exact) mass is 386 g/mol. The lowest BCUT2D eigenvalue weighted by molar-refractivity contribution is 0.0664. The first-order valence-electron chi connectivity index (χ1n) is 9.88. The van der Waals surface area contributed by atoms with Crippen LogP contribution in [0.25, 0.3) is 0 Å². The van der Waals surface area contributed by atoms with Crippen LogP contribution in [0.1, 0.15) is 41.9 Å². The SMILES string of the molecule is COc1ccc(C(=O)N2C3CCC2Cn2c(nn(CC4CC4)c2=O)C3)cc1F. The van der Waals surface area contributed by atoms with Crippen molar-refractivity contribution in [3.63, 3.8) is 0 Å². The molecular formula is C20H23FN4O3. The minimum atomic E-state index is -0.550. The van der Waals surface area contributed by atoms with Gasteiger partial charge in [0.1, 0.15) is 5.82 Å². The molecular weight excluding hydrogens is 363 g/mol. The highest BCUT2D eigenvalue weighted by atomic mass is 19.1. The fourth-order valence-electron chi connectivity index (χ4n) is 4.53. The molecule has 3 heterocycles. The number of nitrogens with zero attached hydrogens (tertiary/aromatic N) is 4. The number of carbonyl (C=O) groups is 1. The van der Waals surface area contributed by atoms with Gasteiger partial charge in [0.25, 0.3) is 5.91 Å². The van der Waals surface area contributed by atoms with Gasteiger partial charge in [-0.25, -0.2) is 13.9 Å². The molecule has 1 saturated heterocycles. The second-order valence-electron chi connectivity index (χ2n) is 8.09. The van der Waals surface area contributed by atoms with Crippen LogP contribution < -0.4 is 10.4 Å². The maximum atomic E-state index is 14.1. The van der Waals surface area contributed by atoms with Crippen LogP contribution in [0.15, 0.2) is 23.0 Å². The van der Waals surface area contributed by atoms with Gasteiger partial charge in [0.2, 0.25) is 0 Å². The predicted molar refractivity (Wildman–Crippen MR) is 98.8 cm³/mol. The molecule has 2 aromatic rings. The summed E-state index contributed by atoms with van der Waals surface area (Å²) in [7, 11) is 1.40. The Morgan fingerprint density at radius 3 is 2.75 bits per heavy atom. The average Bonchev–Trinajstić information content (AvgIpc) is 3.37. The summed E-state index contributed by atoms with van der Waals surface area (Å²) in [6, 6.07) is 4.21. The Hall–Kier alpha value is -2.64. The van der Waals surface area contributed by atoms with E-state index in [9.17, 15) is 14.0 Å². The summed E-state index contributed by atoms with van der Waals surface area (Å²) in [5.74, 6) is 0.712. The molecule has 2 aliphatic heterocycles. The molecule has 3 aliphatic rings. The first-order valence-corrected chi connectivity index (χ1v) is 9.88. The quantitative estimate of drug-likeness (QED) is 0.804. The zero-order chi connectivity index (χ0) is 19.4. The van der Waals surface area contributed by atoms with E-state index in [1.165, 1.54) is 32.1 Å². The molecule has 1 amide bonds. The van der Waals surface area contributed by atoms with E-state index in [0.29, 0.717) is 31.0 Å². The van der Waals surface area contributed by atoms with Crippen LogP contribution in [-0.4, -0.2) is 44.3 Å². The molecule has 0 N–H and O–H groups in total. The molecule has 1 aliphatic carbocycles. The summed E-state index contributed by atoms with van der Waals surface area (Å²) in [5.41, 5.74) is 0.234. The van der Waals surface area contributed by atoms with Gasteiger partial charge in [-0.2, -0.15) is 5.10 Å². The highest BCUT2D eigenvalue weighted by Gasteiger charge is 2.42. The van der Waals surface area contributed by atoms with Crippen LogP contribution in [0, 0.1) is 11.7 Å². The fourth-order valence-corrected chi connectivity index (χ4v) is 4.53. The van der Waals surface area contributed by atoms with E-state index >= 15 is 0 Å². The number of hydrogen-bond donors (Lipinski definition) is 0. The van der Waals surface area contributed by atoms with Gasteiger partial charge >= 0.3 is 5.69 Å². The smallest absolute Gasteiger partial charge is 0.345 e. The lowest BCUT2D eigenvalue weighted by Crippen LogP contribution is -2.43. The van der Waals surface area contributed by atoms with Crippen molar-refractivity contribution in [1.29, 1.82) is 0 Å². The largest absolute Gasteiger partial charge is 0.494 e. The average molecular weight is 386 g/mol.